The van der Waals surface area contributed by atoms with Crippen molar-refractivity contribution in [1.29, 1.82) is 0 Å². The molecule has 3 nitrogen and oxygen atoms in total. The number of aromatic nitrogens is 2. The van der Waals surface area contributed by atoms with Crippen LogP contribution in [-0.4, -0.2) is 16.4 Å². The number of rotatable bonds is 4. The molecule has 3 rings (SSSR count). The summed E-state index contributed by atoms with van der Waals surface area (Å²) in [7, 11) is 1.84. The van der Waals surface area contributed by atoms with Gasteiger partial charge in [0.2, 0.25) is 5.88 Å². The van der Waals surface area contributed by atoms with Gasteiger partial charge in [-0.25, -0.2) is 9.07 Å². The third-order valence-corrected chi connectivity index (χ3v) is 3.84. The van der Waals surface area contributed by atoms with E-state index in [-0.39, 0.29) is 5.82 Å². The molecule has 1 fully saturated rings. The fourth-order valence-corrected chi connectivity index (χ4v) is 2.55. The fourth-order valence-electron chi connectivity index (χ4n) is 2.29. The summed E-state index contributed by atoms with van der Waals surface area (Å²) in [5, 5.41) is 4.76. The van der Waals surface area contributed by atoms with E-state index in [1.54, 1.807) is 10.7 Å². The van der Waals surface area contributed by atoms with Crippen molar-refractivity contribution >= 4 is 11.6 Å². The van der Waals surface area contributed by atoms with E-state index in [4.69, 9.17) is 16.3 Å². The van der Waals surface area contributed by atoms with Crippen LogP contribution in [0.3, 0.4) is 0 Å². The van der Waals surface area contributed by atoms with Gasteiger partial charge in [-0.15, -0.1) is 0 Å². The van der Waals surface area contributed by atoms with Gasteiger partial charge < -0.3 is 4.74 Å². The topological polar surface area (TPSA) is 27.1 Å². The number of ether oxygens (including phenoxy) is 1. The summed E-state index contributed by atoms with van der Waals surface area (Å²) in [6.07, 6.45) is 2.45. The molecule has 0 spiro atoms. The number of halogens is 2. The molecule has 1 heterocycles. The summed E-state index contributed by atoms with van der Waals surface area (Å²) < 4.78 is 20.8. The lowest BCUT2D eigenvalue weighted by Gasteiger charge is -2.10. The second kappa shape index (κ2) is 5.09. The van der Waals surface area contributed by atoms with Crippen LogP contribution >= 0.6 is 11.6 Å². The van der Waals surface area contributed by atoms with Gasteiger partial charge in [-0.2, -0.15) is 5.10 Å². The van der Waals surface area contributed by atoms with Crippen molar-refractivity contribution in [2.24, 2.45) is 13.0 Å². The van der Waals surface area contributed by atoms with Gasteiger partial charge in [0.25, 0.3) is 0 Å². The molecule has 0 radical (unpaired) electrons. The van der Waals surface area contributed by atoms with Crippen LogP contribution in [0, 0.1) is 18.7 Å². The van der Waals surface area contributed by atoms with Crippen LogP contribution in [0.2, 0.25) is 5.02 Å². The summed E-state index contributed by atoms with van der Waals surface area (Å²) in [4.78, 5) is 0. The first-order valence-corrected chi connectivity index (χ1v) is 7.06. The highest BCUT2D eigenvalue weighted by Gasteiger charge is 2.25. The molecule has 0 N–H and O–H groups in total. The Morgan fingerprint density at radius 2 is 2.20 bits per heavy atom. The first-order valence-electron chi connectivity index (χ1n) is 6.68. The van der Waals surface area contributed by atoms with Crippen LogP contribution in [0.1, 0.15) is 18.5 Å². The molecule has 0 atom stereocenters. The lowest BCUT2D eigenvalue weighted by molar-refractivity contribution is 0.276. The SMILES string of the molecule is Cc1nn(C)c(OCC2CC2)c1-c1ccc(F)cc1Cl. The maximum atomic E-state index is 13.2. The highest BCUT2D eigenvalue weighted by Crippen LogP contribution is 2.38. The van der Waals surface area contributed by atoms with Crippen molar-refractivity contribution in [1.82, 2.24) is 9.78 Å². The Morgan fingerprint density at radius 1 is 1.45 bits per heavy atom. The Morgan fingerprint density at radius 3 is 2.85 bits per heavy atom. The van der Waals surface area contributed by atoms with E-state index in [1.165, 1.54) is 25.0 Å². The van der Waals surface area contributed by atoms with Crippen LogP contribution in [0.15, 0.2) is 18.2 Å². The molecular formula is C15H16ClFN2O. The molecule has 1 aromatic heterocycles. The molecule has 1 aromatic carbocycles. The second-order valence-corrected chi connectivity index (χ2v) is 5.67. The van der Waals surface area contributed by atoms with Crippen LogP contribution in [0.4, 0.5) is 4.39 Å². The number of benzene rings is 1. The van der Waals surface area contributed by atoms with E-state index in [0.717, 1.165) is 16.8 Å². The van der Waals surface area contributed by atoms with Crippen molar-refractivity contribution in [3.05, 3.63) is 34.7 Å². The zero-order valence-corrected chi connectivity index (χ0v) is 12.2. The van der Waals surface area contributed by atoms with Gasteiger partial charge in [0, 0.05) is 12.6 Å². The van der Waals surface area contributed by atoms with Crippen LogP contribution in [0.25, 0.3) is 11.1 Å². The van der Waals surface area contributed by atoms with Crippen molar-refractivity contribution in [3.63, 3.8) is 0 Å². The molecule has 0 bridgehead atoms. The average Bonchev–Trinajstić information content (AvgIpc) is 3.15. The Kier molecular flexibility index (Phi) is 3.42. The predicted molar refractivity (Wildman–Crippen MR) is 76.6 cm³/mol. The zero-order chi connectivity index (χ0) is 14.3. The number of hydrogen-bond donors (Lipinski definition) is 0. The van der Waals surface area contributed by atoms with Crippen molar-refractivity contribution in [3.8, 4) is 17.0 Å². The van der Waals surface area contributed by atoms with Gasteiger partial charge in [0.1, 0.15) is 5.82 Å². The monoisotopic (exact) mass is 294 g/mol. The summed E-state index contributed by atoms with van der Waals surface area (Å²) in [6.45, 7) is 2.60. The first kappa shape index (κ1) is 13.4. The molecule has 2 aromatic rings. The predicted octanol–water partition coefficient (Wildman–Crippen LogP) is 3.98. The quantitative estimate of drug-likeness (QED) is 0.853. The van der Waals surface area contributed by atoms with E-state index >= 15 is 0 Å². The van der Waals surface area contributed by atoms with Gasteiger partial charge in [0.15, 0.2) is 0 Å². The van der Waals surface area contributed by atoms with Crippen molar-refractivity contribution < 1.29 is 9.13 Å². The Balaban J connectivity index is 2.02. The zero-order valence-electron chi connectivity index (χ0n) is 11.5. The highest BCUT2D eigenvalue weighted by molar-refractivity contribution is 6.33. The second-order valence-electron chi connectivity index (χ2n) is 5.27. The third-order valence-electron chi connectivity index (χ3n) is 3.52. The van der Waals surface area contributed by atoms with Gasteiger partial charge in [-0.05, 0) is 43.9 Å². The van der Waals surface area contributed by atoms with Crippen molar-refractivity contribution in [2.45, 2.75) is 19.8 Å². The molecule has 20 heavy (non-hydrogen) atoms. The summed E-state index contributed by atoms with van der Waals surface area (Å²) in [5.74, 6) is 1.00. The van der Waals surface area contributed by atoms with Crippen LogP contribution in [-0.2, 0) is 7.05 Å². The lowest BCUT2D eigenvalue weighted by atomic mass is 10.1. The molecule has 0 unspecified atom stereocenters. The minimum atomic E-state index is -0.347. The number of nitrogens with zero attached hydrogens (tertiary/aromatic N) is 2. The molecule has 1 aliphatic carbocycles. The molecule has 1 aliphatic rings. The van der Waals surface area contributed by atoms with E-state index < -0.39 is 0 Å². The van der Waals surface area contributed by atoms with E-state index in [0.29, 0.717) is 23.4 Å². The normalized spacial score (nSPS) is 14.6. The standard InChI is InChI=1S/C15H16ClFN2O/c1-9-14(12-6-5-11(17)7-13(12)16)15(19(2)18-9)20-8-10-3-4-10/h5-7,10H,3-4,8H2,1-2H3. The molecule has 0 aliphatic heterocycles. The Labute approximate surface area is 122 Å². The number of hydrogen-bond acceptors (Lipinski definition) is 2. The molecule has 106 valence electrons. The van der Waals surface area contributed by atoms with Gasteiger partial charge in [-0.1, -0.05) is 11.6 Å². The molecule has 1 saturated carbocycles. The van der Waals surface area contributed by atoms with Gasteiger partial charge >= 0.3 is 0 Å². The smallest absolute Gasteiger partial charge is 0.219 e. The maximum Gasteiger partial charge on any atom is 0.219 e. The van der Waals surface area contributed by atoms with E-state index in [1.807, 2.05) is 14.0 Å². The highest BCUT2D eigenvalue weighted by atomic mass is 35.5. The average molecular weight is 295 g/mol. The molecule has 0 amide bonds. The summed E-state index contributed by atoms with van der Waals surface area (Å²) in [6, 6.07) is 4.39. The van der Waals surface area contributed by atoms with E-state index in [9.17, 15) is 4.39 Å². The largest absolute Gasteiger partial charge is 0.477 e. The minimum absolute atomic E-state index is 0.347. The summed E-state index contributed by atoms with van der Waals surface area (Å²) in [5.41, 5.74) is 2.43. The van der Waals surface area contributed by atoms with Crippen molar-refractivity contribution in [2.75, 3.05) is 6.61 Å². The Hall–Kier alpha value is -1.55. The number of aryl methyl sites for hydroxylation is 2. The summed E-state index contributed by atoms with van der Waals surface area (Å²) >= 11 is 6.16. The molecule has 0 saturated heterocycles. The van der Waals surface area contributed by atoms with E-state index in [2.05, 4.69) is 5.10 Å². The first-order chi connectivity index (χ1) is 9.56. The van der Waals surface area contributed by atoms with Gasteiger partial charge in [-0.3, -0.25) is 0 Å². The molecule has 5 heteroatoms. The third kappa shape index (κ3) is 2.52. The minimum Gasteiger partial charge on any atom is -0.477 e. The fraction of sp³-hybridized carbons (Fsp3) is 0.400. The van der Waals surface area contributed by atoms with Gasteiger partial charge in [0.05, 0.1) is 22.9 Å². The van der Waals surface area contributed by atoms with Crippen LogP contribution < -0.4 is 4.74 Å². The maximum absolute atomic E-state index is 13.2. The van der Waals surface area contributed by atoms with Crippen LogP contribution in [0.5, 0.6) is 5.88 Å². The Bertz CT molecular complexity index is 650. The lowest BCUT2D eigenvalue weighted by Crippen LogP contribution is -2.04. The molecular weight excluding hydrogens is 279 g/mol.